The lowest BCUT2D eigenvalue weighted by Gasteiger charge is -2.17. The molecule has 174 valence electrons. The highest BCUT2D eigenvalue weighted by Crippen LogP contribution is 2.19. The number of methoxy groups -OCH3 is 1. The van der Waals surface area contributed by atoms with Gasteiger partial charge in [-0.15, -0.1) is 0 Å². The van der Waals surface area contributed by atoms with Crippen LogP contribution in [0.25, 0.3) is 0 Å². The van der Waals surface area contributed by atoms with Crippen LogP contribution in [0.15, 0.2) is 58.1 Å². The molecule has 1 aromatic heterocycles. The molecule has 0 unspecified atom stereocenters. The lowest BCUT2D eigenvalue weighted by atomic mass is 10.2. The number of ether oxygens (including phenoxy) is 2. The minimum absolute atomic E-state index is 0.0751. The Labute approximate surface area is 195 Å². The van der Waals surface area contributed by atoms with Gasteiger partial charge in [0, 0.05) is 17.3 Å². The summed E-state index contributed by atoms with van der Waals surface area (Å²) in [5.74, 6) is -0.453. The molecule has 0 aliphatic rings. The molecule has 0 radical (unpaired) electrons. The van der Waals surface area contributed by atoms with Crippen LogP contribution in [-0.2, 0) is 22.6 Å². The van der Waals surface area contributed by atoms with Gasteiger partial charge in [-0.05, 0) is 48.9 Å². The summed E-state index contributed by atoms with van der Waals surface area (Å²) in [6, 6.07) is 14.0. The van der Waals surface area contributed by atoms with Crippen LogP contribution in [0, 0.1) is 5.92 Å². The van der Waals surface area contributed by atoms with Crippen molar-refractivity contribution >= 4 is 29.2 Å². The van der Waals surface area contributed by atoms with Crippen molar-refractivity contribution in [3.8, 4) is 5.75 Å². The van der Waals surface area contributed by atoms with Crippen molar-refractivity contribution in [3.63, 3.8) is 0 Å². The zero-order valence-corrected chi connectivity index (χ0v) is 19.3. The van der Waals surface area contributed by atoms with Crippen molar-refractivity contribution in [1.29, 1.82) is 0 Å². The maximum absolute atomic E-state index is 13.3. The van der Waals surface area contributed by atoms with Crippen molar-refractivity contribution < 1.29 is 14.3 Å². The van der Waals surface area contributed by atoms with Gasteiger partial charge in [0.25, 0.3) is 0 Å². The Bertz CT molecular complexity index is 1220. The molecule has 0 bridgehead atoms. The van der Waals surface area contributed by atoms with E-state index in [4.69, 9.17) is 21.1 Å². The van der Waals surface area contributed by atoms with E-state index in [9.17, 15) is 14.4 Å². The zero-order chi connectivity index (χ0) is 24.0. The van der Waals surface area contributed by atoms with Crippen LogP contribution in [0.1, 0.15) is 19.4 Å². The van der Waals surface area contributed by atoms with Gasteiger partial charge >= 0.3 is 17.3 Å². The summed E-state index contributed by atoms with van der Waals surface area (Å²) in [6.07, 6.45) is 0. The van der Waals surface area contributed by atoms with Crippen LogP contribution < -0.4 is 21.4 Å². The minimum Gasteiger partial charge on any atom is -0.494 e. The molecular weight excluding hydrogens is 448 g/mol. The van der Waals surface area contributed by atoms with E-state index in [-0.39, 0.29) is 19.0 Å². The zero-order valence-electron chi connectivity index (χ0n) is 18.6. The van der Waals surface area contributed by atoms with Crippen molar-refractivity contribution in [1.82, 2.24) is 14.1 Å². The number of nitrogens with one attached hydrogen (secondary N) is 1. The highest BCUT2D eigenvalue weighted by molar-refractivity contribution is 6.30. The molecule has 1 N–H and O–H groups in total. The number of hydrogen-bond donors (Lipinski definition) is 1. The Morgan fingerprint density at radius 2 is 1.76 bits per heavy atom. The van der Waals surface area contributed by atoms with E-state index in [1.807, 2.05) is 6.92 Å². The van der Waals surface area contributed by atoms with Crippen LogP contribution in [0.3, 0.4) is 0 Å². The summed E-state index contributed by atoms with van der Waals surface area (Å²) in [7, 11) is 1.25. The van der Waals surface area contributed by atoms with E-state index in [0.29, 0.717) is 23.1 Å². The Morgan fingerprint density at radius 3 is 2.36 bits per heavy atom. The van der Waals surface area contributed by atoms with E-state index in [1.165, 1.54) is 11.7 Å². The number of halogens is 1. The van der Waals surface area contributed by atoms with Crippen LogP contribution >= 0.6 is 11.6 Å². The van der Waals surface area contributed by atoms with Gasteiger partial charge in [0.2, 0.25) is 5.95 Å². The van der Waals surface area contributed by atoms with Gasteiger partial charge in [0.05, 0.1) is 26.2 Å². The third-order valence-electron chi connectivity index (χ3n) is 4.89. The number of benzene rings is 2. The van der Waals surface area contributed by atoms with Gasteiger partial charge in [-0.25, -0.2) is 14.2 Å². The summed E-state index contributed by atoms with van der Waals surface area (Å²) in [4.78, 5) is 41.9. The molecule has 0 spiro atoms. The average Bonchev–Trinajstić information content (AvgIpc) is 2.81. The number of hydrogen-bond acceptors (Lipinski definition) is 7. The Morgan fingerprint density at radius 1 is 1.09 bits per heavy atom. The number of nitrogens with zero attached hydrogens (tertiary/aromatic N) is 3. The van der Waals surface area contributed by atoms with Gasteiger partial charge < -0.3 is 14.8 Å². The third kappa shape index (κ3) is 6.01. The number of carbonyl (C=O) groups is 1. The summed E-state index contributed by atoms with van der Waals surface area (Å²) >= 11 is 5.97. The van der Waals surface area contributed by atoms with Gasteiger partial charge in [-0.3, -0.25) is 9.36 Å². The van der Waals surface area contributed by atoms with Crippen LogP contribution in [0.2, 0.25) is 5.02 Å². The topological polar surface area (TPSA) is 104 Å². The fourth-order valence-electron chi connectivity index (χ4n) is 3.18. The summed E-state index contributed by atoms with van der Waals surface area (Å²) in [6.45, 7) is 3.99. The molecule has 0 fully saturated rings. The molecule has 0 aliphatic carbocycles. The molecule has 0 saturated heterocycles. The predicted molar refractivity (Wildman–Crippen MR) is 125 cm³/mol. The van der Waals surface area contributed by atoms with Crippen LogP contribution in [0.4, 0.5) is 11.6 Å². The number of esters is 1. The van der Waals surface area contributed by atoms with Crippen LogP contribution in [0.5, 0.6) is 5.75 Å². The van der Waals surface area contributed by atoms with Gasteiger partial charge in [-0.2, -0.15) is 4.98 Å². The minimum atomic E-state index is -0.767. The molecule has 3 rings (SSSR count). The molecule has 0 amide bonds. The van der Waals surface area contributed by atoms with E-state index < -0.39 is 23.3 Å². The lowest BCUT2D eigenvalue weighted by Crippen LogP contribution is -2.44. The molecule has 33 heavy (non-hydrogen) atoms. The molecule has 3 aromatic rings. The van der Waals surface area contributed by atoms with Gasteiger partial charge in [-0.1, -0.05) is 30.7 Å². The Kier molecular flexibility index (Phi) is 7.89. The standard InChI is InChI=1S/C23H25ClN4O5/c1-4-33-19-11-9-18(10-12-19)25-21-26-22(30)28(13-15(2)20(29)32-3)23(31)27(21)14-16-5-7-17(24)8-6-16/h5-12,15H,4,13-14H2,1-3H3,(H,25,26,30)/t15-/m1/s1. The largest absolute Gasteiger partial charge is 0.494 e. The quantitative estimate of drug-likeness (QED) is 0.477. The summed E-state index contributed by atoms with van der Waals surface area (Å²) in [5.41, 5.74) is 0.0326. The van der Waals surface area contributed by atoms with Crippen LogP contribution in [-0.4, -0.2) is 33.8 Å². The average molecular weight is 473 g/mol. The van der Waals surface area contributed by atoms with Crippen molar-refractivity contribution in [2.24, 2.45) is 5.92 Å². The second-order valence-corrected chi connectivity index (χ2v) is 7.77. The molecule has 1 heterocycles. The van der Waals surface area contributed by atoms with E-state index in [2.05, 4.69) is 10.3 Å². The van der Waals surface area contributed by atoms with Gasteiger partial charge in [0.15, 0.2) is 0 Å². The lowest BCUT2D eigenvalue weighted by molar-refractivity contribution is -0.145. The molecular formula is C23H25ClN4O5. The second kappa shape index (κ2) is 10.8. The summed E-state index contributed by atoms with van der Waals surface area (Å²) in [5, 5.41) is 3.60. The fourth-order valence-corrected chi connectivity index (χ4v) is 3.30. The maximum atomic E-state index is 13.3. The molecule has 10 heteroatoms. The third-order valence-corrected chi connectivity index (χ3v) is 5.14. The van der Waals surface area contributed by atoms with Crippen molar-refractivity contribution in [3.05, 3.63) is 80.1 Å². The number of rotatable bonds is 9. The van der Waals surface area contributed by atoms with E-state index >= 15 is 0 Å². The smallest absolute Gasteiger partial charge is 0.354 e. The second-order valence-electron chi connectivity index (χ2n) is 7.33. The van der Waals surface area contributed by atoms with E-state index in [0.717, 1.165) is 10.1 Å². The molecule has 9 nitrogen and oxygen atoms in total. The number of aromatic nitrogens is 3. The summed E-state index contributed by atoms with van der Waals surface area (Å²) < 4.78 is 12.4. The Balaban J connectivity index is 2.03. The highest BCUT2D eigenvalue weighted by Gasteiger charge is 2.20. The van der Waals surface area contributed by atoms with Crippen molar-refractivity contribution in [2.45, 2.75) is 26.9 Å². The van der Waals surface area contributed by atoms with E-state index in [1.54, 1.807) is 55.5 Å². The molecule has 2 aromatic carbocycles. The first-order valence-electron chi connectivity index (χ1n) is 10.4. The molecule has 1 atom stereocenters. The maximum Gasteiger partial charge on any atom is 0.354 e. The predicted octanol–water partition coefficient (Wildman–Crippen LogP) is 3.06. The first-order valence-corrected chi connectivity index (χ1v) is 10.7. The number of anilines is 2. The number of carbonyl (C=O) groups excluding carboxylic acids is 1. The highest BCUT2D eigenvalue weighted by atomic mass is 35.5. The van der Waals surface area contributed by atoms with Crippen molar-refractivity contribution in [2.75, 3.05) is 19.0 Å². The normalized spacial score (nSPS) is 11.6. The van der Waals surface area contributed by atoms with Gasteiger partial charge in [0.1, 0.15) is 5.75 Å². The first kappa shape index (κ1) is 24.1. The first-order chi connectivity index (χ1) is 15.8. The fraction of sp³-hybridized carbons (Fsp3) is 0.304. The monoisotopic (exact) mass is 472 g/mol. The Hall–Kier alpha value is -3.59. The SMILES string of the molecule is CCOc1ccc(Nc2nc(=O)n(C[C@@H](C)C(=O)OC)c(=O)n2Cc2ccc(Cl)cc2)cc1. The molecule has 0 saturated carbocycles. The molecule has 0 aliphatic heterocycles.